The van der Waals surface area contributed by atoms with Gasteiger partial charge in [-0.25, -0.2) is 4.98 Å². The summed E-state index contributed by atoms with van der Waals surface area (Å²) in [6.45, 7) is 4.06. The number of rotatable bonds is 2. The summed E-state index contributed by atoms with van der Waals surface area (Å²) in [6.07, 6.45) is 1.50. The quantitative estimate of drug-likeness (QED) is 0.770. The molecule has 21 heavy (non-hydrogen) atoms. The van der Waals surface area contributed by atoms with Gasteiger partial charge < -0.3 is 0 Å². The Bertz CT molecular complexity index is 844. The molecule has 2 aromatic heterocycles. The standard InChI is InChI=1S/C15H12ClN3OS/c1-8-5-9(2)13-12(6-8)21-15(18-13)19-14(20)11-7-10(16)3-4-17-11/h3-7H,1-2H3,(H,18,19,20). The van der Waals surface area contributed by atoms with Gasteiger partial charge in [0, 0.05) is 11.2 Å². The second-order valence-corrected chi connectivity index (χ2v) is 6.23. The van der Waals surface area contributed by atoms with Crippen LogP contribution in [-0.4, -0.2) is 15.9 Å². The van der Waals surface area contributed by atoms with Crippen LogP contribution in [0.1, 0.15) is 21.6 Å². The van der Waals surface area contributed by atoms with Gasteiger partial charge in [0.2, 0.25) is 0 Å². The highest BCUT2D eigenvalue weighted by Crippen LogP contribution is 2.29. The molecule has 0 unspecified atom stereocenters. The molecule has 2 heterocycles. The number of thiazole rings is 1. The van der Waals surface area contributed by atoms with Crippen LogP contribution in [0.4, 0.5) is 5.13 Å². The molecular formula is C15H12ClN3OS. The van der Waals surface area contributed by atoms with E-state index >= 15 is 0 Å². The van der Waals surface area contributed by atoms with Crippen molar-refractivity contribution in [3.05, 3.63) is 52.3 Å². The Kier molecular flexibility index (Phi) is 3.61. The van der Waals surface area contributed by atoms with Crippen LogP contribution in [-0.2, 0) is 0 Å². The fourth-order valence-corrected chi connectivity index (χ4v) is 3.31. The van der Waals surface area contributed by atoms with Crippen LogP contribution in [0.25, 0.3) is 10.2 Å². The predicted octanol–water partition coefficient (Wildman–Crippen LogP) is 4.21. The highest BCUT2D eigenvalue weighted by molar-refractivity contribution is 7.22. The molecule has 0 spiro atoms. The summed E-state index contributed by atoms with van der Waals surface area (Å²) < 4.78 is 1.06. The average molecular weight is 318 g/mol. The Morgan fingerprint density at radius 2 is 2.10 bits per heavy atom. The molecule has 0 bridgehead atoms. The molecule has 0 saturated carbocycles. The fraction of sp³-hybridized carbons (Fsp3) is 0.133. The van der Waals surface area contributed by atoms with E-state index in [1.165, 1.54) is 29.2 Å². The number of halogens is 1. The van der Waals surface area contributed by atoms with Gasteiger partial charge in [0.15, 0.2) is 5.13 Å². The van der Waals surface area contributed by atoms with Crippen molar-refractivity contribution in [2.45, 2.75) is 13.8 Å². The van der Waals surface area contributed by atoms with E-state index in [9.17, 15) is 4.79 Å². The topological polar surface area (TPSA) is 54.9 Å². The van der Waals surface area contributed by atoms with E-state index < -0.39 is 0 Å². The van der Waals surface area contributed by atoms with Crippen molar-refractivity contribution in [2.24, 2.45) is 0 Å². The molecule has 0 aliphatic carbocycles. The Hall–Kier alpha value is -1.98. The van der Waals surface area contributed by atoms with Gasteiger partial charge in [-0.3, -0.25) is 15.1 Å². The van der Waals surface area contributed by atoms with Gasteiger partial charge in [0.1, 0.15) is 5.69 Å². The number of hydrogen-bond donors (Lipinski definition) is 1. The lowest BCUT2D eigenvalue weighted by molar-refractivity contribution is 0.102. The van der Waals surface area contributed by atoms with Gasteiger partial charge >= 0.3 is 0 Å². The van der Waals surface area contributed by atoms with Gasteiger partial charge in [-0.05, 0) is 43.2 Å². The summed E-state index contributed by atoms with van der Waals surface area (Å²) in [5.41, 5.74) is 3.47. The Labute approximate surface area is 130 Å². The van der Waals surface area contributed by atoms with Crippen LogP contribution in [0.15, 0.2) is 30.5 Å². The van der Waals surface area contributed by atoms with Gasteiger partial charge in [0.05, 0.1) is 10.2 Å². The normalized spacial score (nSPS) is 10.8. The van der Waals surface area contributed by atoms with Crippen LogP contribution < -0.4 is 5.32 Å². The third-order valence-corrected chi connectivity index (χ3v) is 4.16. The van der Waals surface area contributed by atoms with Gasteiger partial charge in [0.25, 0.3) is 5.91 Å². The number of carbonyl (C=O) groups is 1. The predicted molar refractivity (Wildman–Crippen MR) is 86.3 cm³/mol. The molecule has 1 aromatic carbocycles. The largest absolute Gasteiger partial charge is 0.296 e. The SMILES string of the molecule is Cc1cc(C)c2nc(NC(=O)c3cc(Cl)ccn3)sc2c1. The summed E-state index contributed by atoms with van der Waals surface area (Å²) in [5, 5.41) is 3.81. The summed E-state index contributed by atoms with van der Waals surface area (Å²) in [4.78, 5) is 20.6. The zero-order valence-electron chi connectivity index (χ0n) is 11.5. The number of nitrogens with zero attached hydrogens (tertiary/aromatic N) is 2. The molecule has 4 nitrogen and oxygen atoms in total. The molecule has 106 valence electrons. The molecule has 6 heteroatoms. The van der Waals surface area contributed by atoms with E-state index in [1.54, 1.807) is 6.07 Å². The number of aryl methyl sites for hydroxylation is 2. The molecule has 0 radical (unpaired) electrons. The summed E-state index contributed by atoms with van der Waals surface area (Å²) >= 11 is 7.31. The van der Waals surface area contributed by atoms with E-state index in [-0.39, 0.29) is 11.6 Å². The first-order valence-electron chi connectivity index (χ1n) is 6.33. The molecular weight excluding hydrogens is 306 g/mol. The Morgan fingerprint density at radius 3 is 2.86 bits per heavy atom. The first kappa shape index (κ1) is 14.0. The molecule has 0 atom stereocenters. The van der Waals surface area contributed by atoms with Crippen molar-refractivity contribution in [2.75, 3.05) is 5.32 Å². The zero-order valence-corrected chi connectivity index (χ0v) is 13.0. The maximum Gasteiger partial charge on any atom is 0.276 e. The first-order chi connectivity index (χ1) is 10.0. The third-order valence-electron chi connectivity index (χ3n) is 3.00. The lowest BCUT2D eigenvalue weighted by atomic mass is 10.1. The van der Waals surface area contributed by atoms with Crippen LogP contribution in [0.3, 0.4) is 0 Å². The van der Waals surface area contributed by atoms with Crippen molar-refractivity contribution >= 4 is 44.2 Å². The molecule has 0 fully saturated rings. The zero-order chi connectivity index (χ0) is 15.0. The van der Waals surface area contributed by atoms with E-state index in [0.29, 0.717) is 10.2 Å². The second kappa shape index (κ2) is 5.42. The van der Waals surface area contributed by atoms with Crippen LogP contribution in [0.5, 0.6) is 0 Å². The summed E-state index contributed by atoms with van der Waals surface area (Å²) in [7, 11) is 0. The first-order valence-corrected chi connectivity index (χ1v) is 7.53. The number of anilines is 1. The third kappa shape index (κ3) is 2.89. The number of amides is 1. The minimum Gasteiger partial charge on any atom is -0.296 e. The average Bonchev–Trinajstić information content (AvgIpc) is 2.81. The van der Waals surface area contributed by atoms with Gasteiger partial charge in [-0.15, -0.1) is 0 Å². The van der Waals surface area contributed by atoms with Crippen molar-refractivity contribution in [3.8, 4) is 0 Å². The lowest BCUT2D eigenvalue weighted by Crippen LogP contribution is -2.13. The van der Waals surface area contributed by atoms with Gasteiger partial charge in [-0.2, -0.15) is 0 Å². The minimum absolute atomic E-state index is 0.273. The number of hydrogen-bond acceptors (Lipinski definition) is 4. The lowest BCUT2D eigenvalue weighted by Gasteiger charge is -2.00. The molecule has 0 aliphatic heterocycles. The maximum absolute atomic E-state index is 12.1. The van der Waals surface area contributed by atoms with Gasteiger partial charge in [-0.1, -0.05) is 29.0 Å². The van der Waals surface area contributed by atoms with Crippen molar-refractivity contribution in [1.29, 1.82) is 0 Å². The number of fused-ring (bicyclic) bond motifs is 1. The molecule has 3 rings (SSSR count). The van der Waals surface area contributed by atoms with Crippen LogP contribution >= 0.6 is 22.9 Å². The number of nitrogens with one attached hydrogen (secondary N) is 1. The number of benzene rings is 1. The highest BCUT2D eigenvalue weighted by Gasteiger charge is 2.12. The molecule has 1 amide bonds. The van der Waals surface area contributed by atoms with Crippen molar-refractivity contribution < 1.29 is 4.79 Å². The Morgan fingerprint density at radius 1 is 1.29 bits per heavy atom. The van der Waals surface area contributed by atoms with E-state index in [1.807, 2.05) is 13.8 Å². The molecule has 3 aromatic rings. The smallest absolute Gasteiger partial charge is 0.276 e. The molecule has 1 N–H and O–H groups in total. The number of aromatic nitrogens is 2. The number of carbonyl (C=O) groups excluding carboxylic acids is 1. The summed E-state index contributed by atoms with van der Waals surface area (Å²) in [5.74, 6) is -0.314. The van der Waals surface area contributed by atoms with Crippen molar-refractivity contribution in [1.82, 2.24) is 9.97 Å². The highest BCUT2D eigenvalue weighted by atomic mass is 35.5. The number of pyridine rings is 1. The van der Waals surface area contributed by atoms with E-state index in [0.717, 1.165) is 15.8 Å². The molecule has 0 aliphatic rings. The second-order valence-electron chi connectivity index (χ2n) is 4.76. The summed E-state index contributed by atoms with van der Waals surface area (Å²) in [6, 6.07) is 7.29. The molecule has 0 saturated heterocycles. The van der Waals surface area contributed by atoms with E-state index in [2.05, 4.69) is 27.4 Å². The van der Waals surface area contributed by atoms with E-state index in [4.69, 9.17) is 11.6 Å². The maximum atomic E-state index is 12.1. The fourth-order valence-electron chi connectivity index (χ4n) is 2.11. The Balaban J connectivity index is 1.91. The van der Waals surface area contributed by atoms with Crippen molar-refractivity contribution in [3.63, 3.8) is 0 Å². The van der Waals surface area contributed by atoms with Crippen LogP contribution in [0, 0.1) is 13.8 Å². The van der Waals surface area contributed by atoms with Crippen LogP contribution in [0.2, 0.25) is 5.02 Å². The minimum atomic E-state index is -0.314. The monoisotopic (exact) mass is 317 g/mol.